The van der Waals surface area contributed by atoms with Crippen LogP contribution in [-0.4, -0.2) is 41.0 Å². The zero-order valence-corrected chi connectivity index (χ0v) is 17.6. The van der Waals surface area contributed by atoms with Gasteiger partial charge in [0.25, 0.3) is 11.8 Å². The molecule has 0 spiro atoms. The summed E-state index contributed by atoms with van der Waals surface area (Å²) in [5.41, 5.74) is 1.42. The Kier molecular flexibility index (Phi) is 8.12. The molecule has 0 saturated carbocycles. The number of imide groups is 1. The van der Waals surface area contributed by atoms with Gasteiger partial charge in [-0.3, -0.25) is 9.59 Å². The lowest BCUT2D eigenvalue weighted by molar-refractivity contribution is -0.198. The van der Waals surface area contributed by atoms with Crippen LogP contribution in [0.5, 0.6) is 0 Å². The molecule has 0 bridgehead atoms. The summed E-state index contributed by atoms with van der Waals surface area (Å²) in [4.78, 5) is 65.1. The minimum Gasteiger partial charge on any atom is -0.459 e. The number of nitrogens with one attached hydrogen (secondary N) is 1. The van der Waals surface area contributed by atoms with E-state index < -0.39 is 42.3 Å². The van der Waals surface area contributed by atoms with Crippen molar-refractivity contribution >= 4 is 29.8 Å². The Hall–Kier alpha value is -4.21. The monoisotopic (exact) mass is 454 g/mol. The molecule has 10 nitrogen and oxygen atoms in total. The van der Waals surface area contributed by atoms with Gasteiger partial charge in [-0.1, -0.05) is 60.7 Å². The molecule has 3 rings (SSSR count). The van der Waals surface area contributed by atoms with Gasteiger partial charge < -0.3 is 19.6 Å². The third-order valence-electron chi connectivity index (χ3n) is 4.58. The SMILES string of the molecule is O=C(CC(NC(=O)OCc1ccccc1)C(=O)OCc1ccccc1)ON1C(=O)CCC1=O. The number of carbonyl (C=O) groups excluding carboxylic acids is 5. The lowest BCUT2D eigenvalue weighted by Gasteiger charge is -2.18. The number of hydroxylamine groups is 2. The van der Waals surface area contributed by atoms with Crippen molar-refractivity contribution in [2.45, 2.75) is 38.5 Å². The number of alkyl carbamates (subject to hydrolysis) is 1. The van der Waals surface area contributed by atoms with Gasteiger partial charge in [-0.2, -0.15) is 0 Å². The molecular weight excluding hydrogens is 432 g/mol. The van der Waals surface area contributed by atoms with E-state index >= 15 is 0 Å². The Morgan fingerprint density at radius 1 is 0.818 bits per heavy atom. The quantitative estimate of drug-likeness (QED) is 0.450. The molecule has 172 valence electrons. The largest absolute Gasteiger partial charge is 0.459 e. The summed E-state index contributed by atoms with van der Waals surface area (Å²) in [6, 6.07) is 16.2. The maximum atomic E-state index is 12.6. The molecule has 0 aliphatic carbocycles. The molecule has 1 saturated heterocycles. The van der Waals surface area contributed by atoms with Gasteiger partial charge in [0.1, 0.15) is 19.3 Å². The summed E-state index contributed by atoms with van der Waals surface area (Å²) in [5.74, 6) is -3.30. The molecule has 10 heteroatoms. The van der Waals surface area contributed by atoms with Gasteiger partial charge in [0.05, 0.1) is 6.42 Å². The molecule has 1 aliphatic heterocycles. The van der Waals surface area contributed by atoms with E-state index in [0.717, 1.165) is 5.56 Å². The number of amides is 3. The van der Waals surface area contributed by atoms with E-state index in [9.17, 15) is 24.0 Å². The number of hydrogen-bond donors (Lipinski definition) is 1. The van der Waals surface area contributed by atoms with Gasteiger partial charge in [-0.25, -0.2) is 14.4 Å². The van der Waals surface area contributed by atoms with E-state index in [1.807, 2.05) is 6.07 Å². The summed E-state index contributed by atoms with van der Waals surface area (Å²) in [6.45, 7) is -0.144. The number of nitrogens with zero attached hydrogens (tertiary/aromatic N) is 1. The molecule has 33 heavy (non-hydrogen) atoms. The van der Waals surface area contributed by atoms with Crippen LogP contribution in [0.2, 0.25) is 0 Å². The third-order valence-corrected chi connectivity index (χ3v) is 4.58. The van der Waals surface area contributed by atoms with Gasteiger partial charge in [-0.05, 0) is 11.1 Å². The van der Waals surface area contributed by atoms with Crippen LogP contribution in [-0.2, 0) is 46.7 Å². The molecule has 1 atom stereocenters. The number of esters is 1. The smallest absolute Gasteiger partial charge is 0.408 e. The second-order valence-corrected chi connectivity index (χ2v) is 7.10. The van der Waals surface area contributed by atoms with Crippen molar-refractivity contribution in [2.24, 2.45) is 0 Å². The van der Waals surface area contributed by atoms with Crippen LogP contribution < -0.4 is 5.32 Å². The van der Waals surface area contributed by atoms with E-state index in [1.54, 1.807) is 54.6 Å². The first-order chi connectivity index (χ1) is 15.9. The Morgan fingerprint density at radius 2 is 1.33 bits per heavy atom. The van der Waals surface area contributed by atoms with Gasteiger partial charge >= 0.3 is 18.0 Å². The number of carbonyl (C=O) groups is 5. The third kappa shape index (κ3) is 7.17. The van der Waals surface area contributed by atoms with E-state index in [0.29, 0.717) is 10.6 Å². The average Bonchev–Trinajstić information content (AvgIpc) is 3.14. The number of hydrogen-bond acceptors (Lipinski definition) is 8. The van der Waals surface area contributed by atoms with Gasteiger partial charge in [0.2, 0.25) is 0 Å². The summed E-state index contributed by atoms with van der Waals surface area (Å²) < 4.78 is 10.3. The predicted molar refractivity (Wildman–Crippen MR) is 112 cm³/mol. The van der Waals surface area contributed by atoms with Gasteiger partial charge in [0.15, 0.2) is 0 Å². The number of rotatable bonds is 9. The molecule has 1 unspecified atom stereocenters. The first-order valence-corrected chi connectivity index (χ1v) is 10.2. The zero-order valence-electron chi connectivity index (χ0n) is 17.6. The highest BCUT2D eigenvalue weighted by atomic mass is 16.7. The van der Waals surface area contributed by atoms with Crippen LogP contribution in [0, 0.1) is 0 Å². The van der Waals surface area contributed by atoms with Crippen LogP contribution >= 0.6 is 0 Å². The van der Waals surface area contributed by atoms with Crippen molar-refractivity contribution in [1.29, 1.82) is 0 Å². The van der Waals surface area contributed by atoms with Gasteiger partial charge in [0, 0.05) is 12.8 Å². The maximum absolute atomic E-state index is 12.6. The zero-order chi connectivity index (χ0) is 23.6. The summed E-state index contributed by atoms with van der Waals surface area (Å²) in [5, 5.41) is 2.64. The minimum absolute atomic E-state index is 0.0559. The van der Waals surface area contributed by atoms with Crippen molar-refractivity contribution in [2.75, 3.05) is 0 Å². The van der Waals surface area contributed by atoms with Crippen molar-refractivity contribution in [1.82, 2.24) is 10.4 Å². The normalized spacial score (nSPS) is 13.9. The molecule has 3 amide bonds. The fourth-order valence-electron chi connectivity index (χ4n) is 2.89. The lowest BCUT2D eigenvalue weighted by atomic mass is 10.2. The first kappa shape index (κ1) is 23.5. The molecule has 1 aliphatic rings. The van der Waals surface area contributed by atoms with E-state index in [2.05, 4.69) is 5.32 Å². The second-order valence-electron chi connectivity index (χ2n) is 7.10. The van der Waals surface area contributed by atoms with Crippen molar-refractivity contribution < 1.29 is 38.3 Å². The van der Waals surface area contributed by atoms with E-state index in [-0.39, 0.29) is 26.1 Å². The Morgan fingerprint density at radius 3 is 1.88 bits per heavy atom. The summed E-state index contributed by atoms with van der Waals surface area (Å²) in [7, 11) is 0. The number of benzene rings is 2. The maximum Gasteiger partial charge on any atom is 0.408 e. The molecule has 1 fully saturated rings. The summed E-state index contributed by atoms with van der Waals surface area (Å²) in [6.07, 6.45) is -1.77. The second kappa shape index (κ2) is 11.4. The Bertz CT molecular complexity index is 994. The standard InChI is InChI=1S/C23H22N2O8/c26-19-11-12-20(27)25(19)33-21(28)13-18(22(29)31-14-16-7-3-1-4-8-16)24-23(30)32-15-17-9-5-2-6-10-17/h1-10,18H,11-15H2,(H,24,30). The number of ether oxygens (including phenoxy) is 2. The van der Waals surface area contributed by atoms with Crippen LogP contribution in [0.3, 0.4) is 0 Å². The van der Waals surface area contributed by atoms with Crippen molar-refractivity contribution in [3.05, 3.63) is 71.8 Å². The molecule has 1 N–H and O–H groups in total. The average molecular weight is 454 g/mol. The van der Waals surface area contributed by atoms with E-state index in [1.165, 1.54) is 0 Å². The van der Waals surface area contributed by atoms with Crippen molar-refractivity contribution in [3.8, 4) is 0 Å². The first-order valence-electron chi connectivity index (χ1n) is 10.2. The molecular formula is C23H22N2O8. The lowest BCUT2D eigenvalue weighted by Crippen LogP contribution is -2.44. The van der Waals surface area contributed by atoms with Crippen LogP contribution in [0.25, 0.3) is 0 Å². The van der Waals surface area contributed by atoms with Crippen LogP contribution in [0.1, 0.15) is 30.4 Å². The fourth-order valence-corrected chi connectivity index (χ4v) is 2.89. The topological polar surface area (TPSA) is 128 Å². The van der Waals surface area contributed by atoms with Crippen molar-refractivity contribution in [3.63, 3.8) is 0 Å². The Balaban J connectivity index is 1.60. The molecule has 2 aromatic rings. The summed E-state index contributed by atoms with van der Waals surface area (Å²) >= 11 is 0. The molecule has 0 radical (unpaired) electrons. The molecule has 1 heterocycles. The van der Waals surface area contributed by atoms with Crippen LogP contribution in [0.15, 0.2) is 60.7 Å². The highest BCUT2D eigenvalue weighted by Crippen LogP contribution is 2.14. The highest BCUT2D eigenvalue weighted by Gasteiger charge is 2.35. The molecule has 0 aromatic heterocycles. The van der Waals surface area contributed by atoms with Gasteiger partial charge in [-0.15, -0.1) is 5.06 Å². The fraction of sp³-hybridized carbons (Fsp3) is 0.261. The predicted octanol–water partition coefficient (Wildman–Crippen LogP) is 2.02. The van der Waals surface area contributed by atoms with E-state index in [4.69, 9.17) is 14.3 Å². The van der Waals surface area contributed by atoms with Crippen LogP contribution in [0.4, 0.5) is 4.79 Å². The highest BCUT2D eigenvalue weighted by molar-refractivity contribution is 6.01. The molecule has 2 aromatic carbocycles. The minimum atomic E-state index is -1.46. The Labute approximate surface area is 189 Å².